The lowest BCUT2D eigenvalue weighted by molar-refractivity contribution is 0.321. The topological polar surface area (TPSA) is 111 Å². The maximum absolute atomic E-state index is 12.3. The first-order valence-corrected chi connectivity index (χ1v) is 17.5. The predicted molar refractivity (Wildman–Crippen MR) is 208 cm³/mol. The van der Waals surface area contributed by atoms with Crippen molar-refractivity contribution in [2.45, 2.75) is 71.4 Å². The minimum absolute atomic E-state index is 0. The molecule has 45 heavy (non-hydrogen) atoms. The van der Waals surface area contributed by atoms with Crippen LogP contribution in [-0.2, 0) is 14.1 Å². The molecule has 2 aromatic heterocycles. The normalized spacial score (nSPS) is 15.0. The zero-order chi connectivity index (χ0) is 32.8. The van der Waals surface area contributed by atoms with E-state index in [0.717, 1.165) is 25.5 Å². The number of benzene rings is 2. The standard InChI is InChI=1S/C13H14IN3O.C9H6ClIN2O.C6H15N.C4H9N.ClH/c1-13(6-7-13)16-12-15-10-8(11(18)17(12)2)4-3-5-9(10)14;1-13-8(14)5-3-2-4-6(11)7(5)12-9(13)10;1-4-7(5-2)6-3;1-4(5)2-3-4;/h3-5H,6-7H2,1-2H3,(H,15,16);2-4H,1H3;4-6H2,1-3H3;2-3,5H2,1H3;1H. The molecule has 2 saturated carbocycles. The van der Waals surface area contributed by atoms with Gasteiger partial charge < -0.3 is 16.0 Å². The SMILES string of the molecule is CC1(N)CC1.CCN(CC)CC.Cl.Cn1c(Cl)nc2c(I)cccc2c1=O.Cn1c(NC2(C)CC2)nc2c(I)cccc2c1=O. The van der Waals surface area contributed by atoms with Gasteiger partial charge in [0.2, 0.25) is 11.2 Å². The number of nitrogens with zero attached hydrogens (tertiary/aromatic N) is 5. The number of aromatic nitrogens is 4. The summed E-state index contributed by atoms with van der Waals surface area (Å²) in [6.07, 6.45) is 4.72. The summed E-state index contributed by atoms with van der Waals surface area (Å²) in [6, 6.07) is 11.2. The van der Waals surface area contributed by atoms with Crippen molar-refractivity contribution in [3.8, 4) is 0 Å². The second-order valence-corrected chi connectivity index (χ2v) is 14.4. The Bertz CT molecular complexity index is 1710. The van der Waals surface area contributed by atoms with E-state index in [-0.39, 0.29) is 39.9 Å². The number of anilines is 1. The third-order valence-corrected chi connectivity index (χ3v) is 9.93. The smallest absolute Gasteiger partial charge is 0.262 e. The highest BCUT2D eigenvalue weighted by molar-refractivity contribution is 14.1. The van der Waals surface area contributed by atoms with Crippen LogP contribution in [0.2, 0.25) is 5.28 Å². The summed E-state index contributed by atoms with van der Waals surface area (Å²) in [4.78, 5) is 35.2. The fourth-order valence-electron chi connectivity index (χ4n) is 4.05. The molecule has 0 bridgehead atoms. The minimum Gasteiger partial charge on any atom is -0.350 e. The molecule has 3 N–H and O–H groups in total. The van der Waals surface area contributed by atoms with Gasteiger partial charge >= 0.3 is 0 Å². The number of rotatable bonds is 5. The van der Waals surface area contributed by atoms with Crippen LogP contribution in [-0.4, -0.2) is 54.7 Å². The third kappa shape index (κ3) is 11.0. The average molecular weight is 884 g/mol. The van der Waals surface area contributed by atoms with Crippen LogP contribution in [0.1, 0.15) is 60.3 Å². The molecule has 4 aromatic rings. The number of halogens is 4. The van der Waals surface area contributed by atoms with Crippen molar-refractivity contribution in [2.24, 2.45) is 19.8 Å². The number of hydrogen-bond acceptors (Lipinski definition) is 7. The van der Waals surface area contributed by atoms with Crippen LogP contribution >= 0.6 is 69.2 Å². The number of para-hydroxylation sites is 2. The molecule has 2 fully saturated rings. The van der Waals surface area contributed by atoms with Crippen molar-refractivity contribution >= 4 is 96.9 Å². The van der Waals surface area contributed by atoms with E-state index in [1.54, 1.807) is 24.7 Å². The van der Waals surface area contributed by atoms with Gasteiger partial charge in [0.1, 0.15) is 0 Å². The van der Waals surface area contributed by atoms with Gasteiger partial charge in [0.15, 0.2) is 0 Å². The Morgan fingerprint density at radius 2 is 1.27 bits per heavy atom. The first-order valence-electron chi connectivity index (χ1n) is 14.9. The van der Waals surface area contributed by atoms with E-state index in [0.29, 0.717) is 22.2 Å². The van der Waals surface area contributed by atoms with Gasteiger partial charge in [-0.25, -0.2) is 9.97 Å². The van der Waals surface area contributed by atoms with Crippen molar-refractivity contribution in [3.63, 3.8) is 0 Å². The largest absolute Gasteiger partial charge is 0.350 e. The van der Waals surface area contributed by atoms with Crippen LogP contribution in [0, 0.1) is 7.14 Å². The number of nitrogens with one attached hydrogen (secondary N) is 1. The van der Waals surface area contributed by atoms with E-state index in [4.69, 9.17) is 17.3 Å². The summed E-state index contributed by atoms with van der Waals surface area (Å²) >= 11 is 10.2. The molecule has 0 unspecified atom stereocenters. The molecule has 0 atom stereocenters. The molecule has 2 aromatic carbocycles. The molecule has 0 saturated heterocycles. The molecule has 0 aliphatic heterocycles. The predicted octanol–water partition coefficient (Wildman–Crippen LogP) is 6.96. The van der Waals surface area contributed by atoms with Crippen LogP contribution in [0.25, 0.3) is 21.8 Å². The zero-order valence-electron chi connectivity index (χ0n) is 27.1. The Morgan fingerprint density at radius 3 is 1.64 bits per heavy atom. The summed E-state index contributed by atoms with van der Waals surface area (Å²) in [5, 5.41) is 4.86. The van der Waals surface area contributed by atoms with Crippen LogP contribution in [0.5, 0.6) is 0 Å². The lowest BCUT2D eigenvalue weighted by Gasteiger charge is -2.16. The number of hydrogen-bond donors (Lipinski definition) is 2. The first-order chi connectivity index (χ1) is 20.7. The summed E-state index contributed by atoms with van der Waals surface area (Å²) in [5.41, 5.74) is 7.18. The summed E-state index contributed by atoms with van der Waals surface area (Å²) in [7, 11) is 3.37. The number of fused-ring (bicyclic) bond motifs is 2. The van der Waals surface area contributed by atoms with Crippen molar-refractivity contribution in [3.05, 3.63) is 69.5 Å². The fourth-order valence-corrected chi connectivity index (χ4v) is 5.45. The van der Waals surface area contributed by atoms with Gasteiger partial charge in [0.25, 0.3) is 11.1 Å². The Balaban J connectivity index is 0.000000231. The molecule has 2 aliphatic carbocycles. The molecule has 2 heterocycles. The zero-order valence-corrected chi connectivity index (χ0v) is 33.0. The van der Waals surface area contributed by atoms with Crippen LogP contribution in [0.4, 0.5) is 5.95 Å². The summed E-state index contributed by atoms with van der Waals surface area (Å²) in [6.45, 7) is 14.4. The van der Waals surface area contributed by atoms with E-state index < -0.39 is 0 Å². The minimum atomic E-state index is -0.112. The fraction of sp³-hybridized carbons (Fsp3) is 0.500. The van der Waals surface area contributed by atoms with Gasteiger partial charge in [-0.15, -0.1) is 12.4 Å². The molecule has 248 valence electrons. The quantitative estimate of drug-likeness (QED) is 0.165. The van der Waals surface area contributed by atoms with Gasteiger partial charge in [0.05, 0.1) is 21.8 Å². The van der Waals surface area contributed by atoms with Crippen molar-refractivity contribution < 1.29 is 0 Å². The molecule has 6 rings (SSSR count). The van der Waals surface area contributed by atoms with E-state index in [9.17, 15) is 9.59 Å². The highest BCUT2D eigenvalue weighted by Gasteiger charge is 2.38. The Morgan fingerprint density at radius 1 is 0.844 bits per heavy atom. The molecule has 0 amide bonds. The lowest BCUT2D eigenvalue weighted by Crippen LogP contribution is -2.27. The lowest BCUT2D eigenvalue weighted by atomic mass is 10.2. The van der Waals surface area contributed by atoms with E-state index >= 15 is 0 Å². The van der Waals surface area contributed by atoms with Gasteiger partial charge in [-0.1, -0.05) is 32.9 Å². The summed E-state index contributed by atoms with van der Waals surface area (Å²) in [5.74, 6) is 0.664. The number of nitrogens with two attached hydrogens (primary N) is 1. The maximum atomic E-state index is 12.3. The third-order valence-electron chi connectivity index (χ3n) is 7.85. The van der Waals surface area contributed by atoms with Crippen molar-refractivity contribution in [1.82, 2.24) is 24.0 Å². The van der Waals surface area contributed by atoms with Gasteiger partial charge in [-0.05, 0) is 140 Å². The average Bonchev–Trinajstić information content (AvgIpc) is 3.91. The molecule has 9 nitrogen and oxygen atoms in total. The van der Waals surface area contributed by atoms with Crippen molar-refractivity contribution in [1.29, 1.82) is 0 Å². The van der Waals surface area contributed by atoms with E-state index in [2.05, 4.69) is 100.0 Å². The first kappa shape index (κ1) is 39.7. The van der Waals surface area contributed by atoms with E-state index in [1.165, 1.54) is 37.0 Å². The molecule has 13 heteroatoms. The Labute approximate surface area is 304 Å². The van der Waals surface area contributed by atoms with Crippen LogP contribution in [0.15, 0.2) is 46.0 Å². The van der Waals surface area contributed by atoms with E-state index in [1.807, 2.05) is 30.3 Å². The second kappa shape index (κ2) is 17.0. The van der Waals surface area contributed by atoms with Crippen LogP contribution < -0.4 is 22.2 Å². The molecule has 2 aliphatic rings. The monoisotopic (exact) mass is 883 g/mol. The van der Waals surface area contributed by atoms with Gasteiger partial charge in [-0.2, -0.15) is 0 Å². The van der Waals surface area contributed by atoms with Crippen LogP contribution in [0.3, 0.4) is 0 Å². The van der Waals surface area contributed by atoms with Gasteiger partial charge in [-0.3, -0.25) is 18.7 Å². The second-order valence-electron chi connectivity index (χ2n) is 11.8. The summed E-state index contributed by atoms with van der Waals surface area (Å²) < 4.78 is 4.87. The molecule has 0 radical (unpaired) electrons. The highest BCUT2D eigenvalue weighted by atomic mass is 127. The highest BCUT2D eigenvalue weighted by Crippen LogP contribution is 2.37. The van der Waals surface area contributed by atoms with Gasteiger partial charge in [0, 0.05) is 32.3 Å². The molecular formula is C32H45Cl2I2N7O2. The Kier molecular flexibility index (Phi) is 15.0. The molecule has 0 spiro atoms. The molecular weight excluding hydrogens is 839 g/mol. The van der Waals surface area contributed by atoms with Crippen molar-refractivity contribution in [2.75, 3.05) is 25.0 Å². The Hall–Kier alpha value is -1.52. The maximum Gasteiger partial charge on any atom is 0.262 e.